The lowest BCUT2D eigenvalue weighted by molar-refractivity contribution is 0.410. The molecule has 0 aromatic carbocycles. The number of nitrogens with two attached hydrogens (primary N) is 1. The highest BCUT2D eigenvalue weighted by atomic mass is 15.3. The highest BCUT2D eigenvalue weighted by molar-refractivity contribution is 5.46. The van der Waals surface area contributed by atoms with Crippen molar-refractivity contribution < 1.29 is 0 Å². The van der Waals surface area contributed by atoms with Gasteiger partial charge >= 0.3 is 0 Å². The SMILES string of the molecule is Nc1ccnc2cc(C3CCC3)nn12. The second-order valence-corrected chi connectivity index (χ2v) is 3.84. The summed E-state index contributed by atoms with van der Waals surface area (Å²) >= 11 is 0. The van der Waals surface area contributed by atoms with Crippen molar-refractivity contribution in [1.82, 2.24) is 14.6 Å². The van der Waals surface area contributed by atoms with Crippen LogP contribution in [0.3, 0.4) is 0 Å². The highest BCUT2D eigenvalue weighted by Crippen LogP contribution is 2.35. The lowest BCUT2D eigenvalue weighted by Gasteiger charge is -2.22. The van der Waals surface area contributed by atoms with Crippen LogP contribution < -0.4 is 5.73 Å². The summed E-state index contributed by atoms with van der Waals surface area (Å²) in [5, 5.41) is 4.46. The summed E-state index contributed by atoms with van der Waals surface area (Å²) in [5.74, 6) is 1.29. The Labute approximate surface area is 81.8 Å². The second kappa shape index (κ2) is 2.70. The maximum atomic E-state index is 5.79. The zero-order chi connectivity index (χ0) is 9.54. The molecule has 0 spiro atoms. The Hall–Kier alpha value is -1.58. The Morgan fingerprint density at radius 3 is 2.93 bits per heavy atom. The number of aromatic nitrogens is 3. The molecule has 4 nitrogen and oxygen atoms in total. The third-order valence-electron chi connectivity index (χ3n) is 2.93. The van der Waals surface area contributed by atoms with E-state index in [1.807, 2.05) is 6.07 Å². The number of anilines is 1. The summed E-state index contributed by atoms with van der Waals surface area (Å²) in [4.78, 5) is 4.22. The Morgan fingerprint density at radius 2 is 2.29 bits per heavy atom. The number of hydrogen-bond donors (Lipinski definition) is 1. The van der Waals surface area contributed by atoms with Crippen LogP contribution in [0.5, 0.6) is 0 Å². The summed E-state index contributed by atoms with van der Waals surface area (Å²) < 4.78 is 1.72. The van der Waals surface area contributed by atoms with Gasteiger partial charge in [-0.2, -0.15) is 9.61 Å². The van der Waals surface area contributed by atoms with Crippen LogP contribution in [0.4, 0.5) is 5.82 Å². The number of nitrogens with zero attached hydrogens (tertiary/aromatic N) is 3. The van der Waals surface area contributed by atoms with Crippen LogP contribution in [-0.2, 0) is 0 Å². The van der Waals surface area contributed by atoms with Crippen molar-refractivity contribution in [3.63, 3.8) is 0 Å². The molecule has 0 saturated heterocycles. The zero-order valence-corrected chi connectivity index (χ0v) is 7.85. The Bertz CT molecular complexity index is 470. The van der Waals surface area contributed by atoms with Crippen molar-refractivity contribution >= 4 is 11.5 Å². The van der Waals surface area contributed by atoms with Crippen molar-refractivity contribution in [3.05, 3.63) is 24.0 Å². The predicted octanol–water partition coefficient (Wildman–Crippen LogP) is 1.58. The average molecular weight is 188 g/mol. The maximum Gasteiger partial charge on any atom is 0.157 e. The van der Waals surface area contributed by atoms with Gasteiger partial charge in [-0.25, -0.2) is 4.98 Å². The molecule has 0 amide bonds. The number of fused-ring (bicyclic) bond motifs is 1. The first-order valence-electron chi connectivity index (χ1n) is 4.95. The van der Waals surface area contributed by atoms with E-state index in [4.69, 9.17) is 5.73 Å². The maximum absolute atomic E-state index is 5.79. The van der Waals surface area contributed by atoms with Gasteiger partial charge in [0.2, 0.25) is 0 Å². The first-order chi connectivity index (χ1) is 6.84. The van der Waals surface area contributed by atoms with Gasteiger partial charge < -0.3 is 5.73 Å². The lowest BCUT2D eigenvalue weighted by Crippen LogP contribution is -2.09. The van der Waals surface area contributed by atoms with Gasteiger partial charge in [0.1, 0.15) is 5.82 Å². The molecular formula is C10H12N4. The van der Waals surface area contributed by atoms with Gasteiger partial charge in [-0.05, 0) is 18.9 Å². The summed E-state index contributed by atoms with van der Waals surface area (Å²) in [5.41, 5.74) is 7.78. The van der Waals surface area contributed by atoms with E-state index in [-0.39, 0.29) is 0 Å². The van der Waals surface area contributed by atoms with Gasteiger partial charge in [-0.1, -0.05) is 6.42 Å². The lowest BCUT2D eigenvalue weighted by atomic mass is 9.83. The molecule has 0 aliphatic heterocycles. The van der Waals surface area contributed by atoms with Crippen LogP contribution in [0, 0.1) is 0 Å². The van der Waals surface area contributed by atoms with Crippen molar-refractivity contribution in [2.24, 2.45) is 0 Å². The van der Waals surface area contributed by atoms with Gasteiger partial charge in [-0.15, -0.1) is 0 Å². The second-order valence-electron chi connectivity index (χ2n) is 3.84. The minimum absolute atomic E-state index is 0.635. The molecule has 1 saturated carbocycles. The molecule has 0 bridgehead atoms. The molecule has 0 atom stereocenters. The van der Waals surface area contributed by atoms with E-state index in [0.29, 0.717) is 11.7 Å². The molecule has 1 fully saturated rings. The van der Waals surface area contributed by atoms with Gasteiger partial charge in [0.25, 0.3) is 0 Å². The summed E-state index contributed by atoms with van der Waals surface area (Å²) in [7, 11) is 0. The fourth-order valence-electron chi connectivity index (χ4n) is 1.84. The third-order valence-corrected chi connectivity index (χ3v) is 2.93. The van der Waals surface area contributed by atoms with Crippen molar-refractivity contribution in [2.75, 3.05) is 5.73 Å². The minimum atomic E-state index is 0.635. The van der Waals surface area contributed by atoms with E-state index < -0.39 is 0 Å². The van der Waals surface area contributed by atoms with Crippen LogP contribution >= 0.6 is 0 Å². The number of nitrogen functional groups attached to an aromatic ring is 1. The molecule has 2 heterocycles. The molecule has 1 aliphatic carbocycles. The van der Waals surface area contributed by atoms with Crippen LogP contribution in [-0.4, -0.2) is 14.6 Å². The van der Waals surface area contributed by atoms with Crippen LogP contribution in [0.1, 0.15) is 30.9 Å². The smallest absolute Gasteiger partial charge is 0.157 e. The Kier molecular flexibility index (Phi) is 1.50. The molecule has 2 aromatic heterocycles. The van der Waals surface area contributed by atoms with E-state index in [0.717, 1.165) is 11.3 Å². The van der Waals surface area contributed by atoms with E-state index in [1.165, 1.54) is 19.3 Å². The quantitative estimate of drug-likeness (QED) is 0.739. The van der Waals surface area contributed by atoms with Gasteiger partial charge in [0, 0.05) is 18.2 Å². The van der Waals surface area contributed by atoms with Crippen molar-refractivity contribution in [2.45, 2.75) is 25.2 Å². The first-order valence-corrected chi connectivity index (χ1v) is 4.95. The van der Waals surface area contributed by atoms with Crippen LogP contribution in [0.15, 0.2) is 18.3 Å². The zero-order valence-electron chi connectivity index (χ0n) is 7.85. The number of rotatable bonds is 1. The molecule has 0 radical (unpaired) electrons. The molecule has 72 valence electrons. The molecule has 2 N–H and O–H groups in total. The van der Waals surface area contributed by atoms with Gasteiger partial charge in [0.15, 0.2) is 5.65 Å². The molecular weight excluding hydrogens is 176 g/mol. The predicted molar refractivity (Wildman–Crippen MR) is 54.0 cm³/mol. The highest BCUT2D eigenvalue weighted by Gasteiger charge is 2.22. The molecule has 14 heavy (non-hydrogen) atoms. The van der Waals surface area contributed by atoms with Gasteiger partial charge in [0.05, 0.1) is 5.69 Å². The summed E-state index contributed by atoms with van der Waals surface area (Å²) in [6.07, 6.45) is 5.55. The standard InChI is InChI=1S/C10H12N4/c11-9-4-5-12-10-6-8(13-14(9)10)7-2-1-3-7/h4-7H,1-3,11H2. The van der Waals surface area contributed by atoms with Gasteiger partial charge in [-0.3, -0.25) is 0 Å². The average Bonchev–Trinajstić information content (AvgIpc) is 2.46. The van der Waals surface area contributed by atoms with E-state index in [2.05, 4.69) is 10.1 Å². The molecule has 3 rings (SSSR count). The van der Waals surface area contributed by atoms with Crippen molar-refractivity contribution in [3.8, 4) is 0 Å². The molecule has 2 aromatic rings. The van der Waals surface area contributed by atoms with E-state index >= 15 is 0 Å². The minimum Gasteiger partial charge on any atom is -0.384 e. The third kappa shape index (κ3) is 0.999. The van der Waals surface area contributed by atoms with E-state index in [1.54, 1.807) is 16.8 Å². The van der Waals surface area contributed by atoms with Crippen molar-refractivity contribution in [1.29, 1.82) is 0 Å². The topological polar surface area (TPSA) is 56.2 Å². The normalized spacial score (nSPS) is 17.1. The Balaban J connectivity index is 2.15. The molecule has 0 unspecified atom stereocenters. The fraction of sp³-hybridized carbons (Fsp3) is 0.400. The number of hydrogen-bond acceptors (Lipinski definition) is 3. The molecule has 4 heteroatoms. The monoisotopic (exact) mass is 188 g/mol. The fourth-order valence-corrected chi connectivity index (χ4v) is 1.84. The first kappa shape index (κ1) is 7.79. The van der Waals surface area contributed by atoms with E-state index in [9.17, 15) is 0 Å². The summed E-state index contributed by atoms with van der Waals surface area (Å²) in [6, 6.07) is 3.81. The molecule has 1 aliphatic rings. The van der Waals surface area contributed by atoms with Crippen LogP contribution in [0.2, 0.25) is 0 Å². The largest absolute Gasteiger partial charge is 0.384 e. The van der Waals surface area contributed by atoms with Crippen LogP contribution in [0.25, 0.3) is 5.65 Å². The summed E-state index contributed by atoms with van der Waals surface area (Å²) in [6.45, 7) is 0. The Morgan fingerprint density at radius 1 is 1.43 bits per heavy atom.